The van der Waals surface area contributed by atoms with Crippen molar-refractivity contribution in [1.29, 1.82) is 0 Å². The van der Waals surface area contributed by atoms with E-state index in [4.69, 9.17) is 0 Å². The van der Waals surface area contributed by atoms with Crippen LogP contribution >= 0.6 is 0 Å². The third-order valence-electron chi connectivity index (χ3n) is 2.50. The third kappa shape index (κ3) is 4.02. The van der Waals surface area contributed by atoms with Gasteiger partial charge in [-0.3, -0.25) is 9.89 Å². The lowest BCUT2D eigenvalue weighted by Gasteiger charge is -2.10. The fraction of sp³-hybridized carbons (Fsp3) is 0.636. The molecule has 0 aliphatic rings. The molecule has 1 aromatic heterocycles. The Kier molecular flexibility index (Phi) is 4.98. The van der Waals surface area contributed by atoms with Gasteiger partial charge in [0.2, 0.25) is 5.91 Å². The summed E-state index contributed by atoms with van der Waals surface area (Å²) in [6.45, 7) is 6.49. The molecule has 1 amide bonds. The van der Waals surface area contributed by atoms with E-state index >= 15 is 0 Å². The van der Waals surface area contributed by atoms with Gasteiger partial charge in [0.1, 0.15) is 0 Å². The van der Waals surface area contributed by atoms with Crippen LogP contribution in [0.25, 0.3) is 0 Å². The number of hydrogen-bond acceptors (Lipinski definition) is 3. The molecular weight excluding hydrogens is 204 g/mol. The van der Waals surface area contributed by atoms with Gasteiger partial charge in [0.05, 0.1) is 6.54 Å². The zero-order valence-electron chi connectivity index (χ0n) is 10.1. The summed E-state index contributed by atoms with van der Waals surface area (Å²) in [7, 11) is 0. The molecule has 90 valence electrons. The molecule has 16 heavy (non-hydrogen) atoms. The summed E-state index contributed by atoms with van der Waals surface area (Å²) in [5.74, 6) is 0.530. The number of nitrogens with one attached hydrogen (secondary N) is 3. The van der Waals surface area contributed by atoms with Crippen LogP contribution < -0.4 is 10.6 Å². The molecule has 1 aromatic rings. The highest BCUT2D eigenvalue weighted by Gasteiger charge is 2.06. The number of rotatable bonds is 6. The van der Waals surface area contributed by atoms with Crippen LogP contribution in [0.1, 0.15) is 32.9 Å². The Morgan fingerprint density at radius 3 is 2.88 bits per heavy atom. The average Bonchev–Trinajstić information content (AvgIpc) is 2.73. The van der Waals surface area contributed by atoms with Crippen molar-refractivity contribution < 1.29 is 4.79 Å². The Morgan fingerprint density at radius 1 is 1.56 bits per heavy atom. The normalized spacial score (nSPS) is 12.4. The maximum Gasteiger partial charge on any atom is 0.239 e. The maximum atomic E-state index is 11.5. The van der Waals surface area contributed by atoms with Crippen LogP contribution in [0.5, 0.6) is 0 Å². The monoisotopic (exact) mass is 224 g/mol. The minimum atomic E-state index is -0.0607. The number of aromatic nitrogens is 2. The van der Waals surface area contributed by atoms with E-state index in [0.29, 0.717) is 18.4 Å². The largest absolute Gasteiger partial charge is 0.308 e. The lowest BCUT2D eigenvalue weighted by Crippen LogP contribution is -2.34. The standard InChI is InChI=1S/C11H20N4O/c1-4-8(3)12-7-11(16)13-10-6-9(5-2)14-15-10/h6,8,12H,4-5,7H2,1-3H3,(H2,13,14,15,16). The summed E-state index contributed by atoms with van der Waals surface area (Å²) in [5, 5.41) is 12.7. The van der Waals surface area contributed by atoms with Crippen molar-refractivity contribution >= 4 is 11.7 Å². The first-order chi connectivity index (χ1) is 7.65. The van der Waals surface area contributed by atoms with Gasteiger partial charge in [-0.05, 0) is 19.8 Å². The van der Waals surface area contributed by atoms with Crippen molar-refractivity contribution in [2.24, 2.45) is 0 Å². The molecule has 0 aliphatic heterocycles. The smallest absolute Gasteiger partial charge is 0.239 e. The quantitative estimate of drug-likeness (QED) is 0.682. The van der Waals surface area contributed by atoms with Crippen LogP contribution in [0.2, 0.25) is 0 Å². The summed E-state index contributed by atoms with van der Waals surface area (Å²) in [5.41, 5.74) is 1.02. The van der Waals surface area contributed by atoms with Crippen LogP contribution in [0.15, 0.2) is 6.07 Å². The fourth-order valence-corrected chi connectivity index (χ4v) is 1.21. The van der Waals surface area contributed by atoms with Crippen molar-refractivity contribution in [2.75, 3.05) is 11.9 Å². The Bertz CT molecular complexity index is 334. The minimum absolute atomic E-state index is 0.0607. The van der Waals surface area contributed by atoms with Gasteiger partial charge in [-0.15, -0.1) is 0 Å². The first-order valence-electron chi connectivity index (χ1n) is 5.73. The number of aromatic amines is 1. The number of nitrogens with zero attached hydrogens (tertiary/aromatic N) is 1. The molecule has 0 aromatic carbocycles. The lowest BCUT2D eigenvalue weighted by atomic mass is 10.2. The molecule has 3 N–H and O–H groups in total. The summed E-state index contributed by atoms with van der Waals surface area (Å²) >= 11 is 0. The number of aryl methyl sites for hydroxylation is 1. The Labute approximate surface area is 96.0 Å². The molecule has 1 rings (SSSR count). The zero-order chi connectivity index (χ0) is 12.0. The Hall–Kier alpha value is -1.36. The molecule has 0 saturated heterocycles. The van der Waals surface area contributed by atoms with Gasteiger partial charge in [-0.25, -0.2) is 0 Å². The first kappa shape index (κ1) is 12.7. The summed E-state index contributed by atoms with van der Waals surface area (Å²) in [4.78, 5) is 11.5. The number of H-pyrrole nitrogens is 1. The minimum Gasteiger partial charge on any atom is -0.308 e. The molecule has 1 heterocycles. The van der Waals surface area contributed by atoms with Gasteiger partial charge < -0.3 is 10.6 Å². The molecule has 1 unspecified atom stereocenters. The van der Waals surface area contributed by atoms with E-state index in [2.05, 4.69) is 34.7 Å². The number of carbonyl (C=O) groups excluding carboxylic acids is 1. The fourth-order valence-electron chi connectivity index (χ4n) is 1.21. The molecule has 5 heteroatoms. The summed E-state index contributed by atoms with van der Waals surface area (Å²) in [6.07, 6.45) is 1.89. The van der Waals surface area contributed by atoms with Gasteiger partial charge >= 0.3 is 0 Å². The SMILES string of the molecule is CCc1cc(NC(=O)CNC(C)CC)n[nH]1. The van der Waals surface area contributed by atoms with Crippen molar-refractivity contribution in [3.8, 4) is 0 Å². The van der Waals surface area contributed by atoms with Gasteiger partial charge in [-0.1, -0.05) is 13.8 Å². The van der Waals surface area contributed by atoms with Gasteiger partial charge in [0.25, 0.3) is 0 Å². The highest BCUT2D eigenvalue weighted by atomic mass is 16.2. The van der Waals surface area contributed by atoms with Crippen molar-refractivity contribution in [2.45, 2.75) is 39.7 Å². The molecule has 0 radical (unpaired) electrons. The van der Waals surface area contributed by atoms with E-state index in [1.165, 1.54) is 0 Å². The highest BCUT2D eigenvalue weighted by molar-refractivity contribution is 5.91. The highest BCUT2D eigenvalue weighted by Crippen LogP contribution is 2.04. The van der Waals surface area contributed by atoms with Crippen LogP contribution in [0.4, 0.5) is 5.82 Å². The van der Waals surface area contributed by atoms with Gasteiger partial charge in [-0.2, -0.15) is 5.10 Å². The molecule has 5 nitrogen and oxygen atoms in total. The van der Waals surface area contributed by atoms with Crippen LogP contribution in [-0.2, 0) is 11.2 Å². The molecule has 0 bridgehead atoms. The van der Waals surface area contributed by atoms with E-state index in [0.717, 1.165) is 18.5 Å². The lowest BCUT2D eigenvalue weighted by molar-refractivity contribution is -0.115. The first-order valence-corrected chi connectivity index (χ1v) is 5.73. The molecule has 0 saturated carbocycles. The topological polar surface area (TPSA) is 69.8 Å². The number of hydrogen-bond donors (Lipinski definition) is 3. The third-order valence-corrected chi connectivity index (χ3v) is 2.50. The second-order valence-electron chi connectivity index (χ2n) is 3.87. The zero-order valence-corrected chi connectivity index (χ0v) is 10.1. The van der Waals surface area contributed by atoms with Gasteiger partial charge in [0, 0.05) is 17.8 Å². The summed E-state index contributed by atoms with van der Waals surface area (Å²) < 4.78 is 0. The predicted molar refractivity (Wildman–Crippen MR) is 64.4 cm³/mol. The number of anilines is 1. The molecule has 0 fully saturated rings. The molecule has 0 aliphatic carbocycles. The second kappa shape index (κ2) is 6.27. The van der Waals surface area contributed by atoms with E-state index in [9.17, 15) is 4.79 Å². The Morgan fingerprint density at radius 2 is 2.31 bits per heavy atom. The van der Waals surface area contributed by atoms with Crippen molar-refractivity contribution in [3.05, 3.63) is 11.8 Å². The van der Waals surface area contributed by atoms with Crippen LogP contribution in [-0.4, -0.2) is 28.7 Å². The maximum absolute atomic E-state index is 11.5. The second-order valence-corrected chi connectivity index (χ2v) is 3.87. The van der Waals surface area contributed by atoms with Crippen LogP contribution in [0, 0.1) is 0 Å². The summed E-state index contributed by atoms with van der Waals surface area (Å²) in [6, 6.07) is 2.21. The number of carbonyl (C=O) groups is 1. The van der Waals surface area contributed by atoms with Crippen LogP contribution in [0.3, 0.4) is 0 Å². The van der Waals surface area contributed by atoms with E-state index in [1.807, 2.05) is 13.0 Å². The van der Waals surface area contributed by atoms with Gasteiger partial charge in [0.15, 0.2) is 5.82 Å². The molecule has 1 atom stereocenters. The average molecular weight is 224 g/mol. The van der Waals surface area contributed by atoms with E-state index in [1.54, 1.807) is 0 Å². The Balaban J connectivity index is 2.33. The van der Waals surface area contributed by atoms with E-state index < -0.39 is 0 Å². The molecule has 0 spiro atoms. The molecular formula is C11H20N4O. The van der Waals surface area contributed by atoms with Crippen molar-refractivity contribution in [3.63, 3.8) is 0 Å². The van der Waals surface area contributed by atoms with Crippen molar-refractivity contribution in [1.82, 2.24) is 15.5 Å². The number of amides is 1. The predicted octanol–water partition coefficient (Wildman–Crippen LogP) is 1.30. The van der Waals surface area contributed by atoms with E-state index in [-0.39, 0.29) is 5.91 Å².